The first-order chi connectivity index (χ1) is 3.79. The molecule has 1 N–H and O–H groups in total. The minimum Gasteiger partial charge on any atom is -0.379 e. The fraction of sp³-hybridized carbons (Fsp3) is 0.667. The molecule has 0 bridgehead atoms. The van der Waals surface area contributed by atoms with Crippen LogP contribution in [-0.2, 0) is 0 Å². The Labute approximate surface area is 53.8 Å². The normalized spacial score (nSPS) is 37.8. The summed E-state index contributed by atoms with van der Waals surface area (Å²) in [6.07, 6.45) is 4.97. The maximum Gasteiger partial charge on any atom is 0.118 e. The first-order valence-electron chi connectivity index (χ1n) is 2.79. The Bertz CT molecular complexity index is 101. The van der Waals surface area contributed by atoms with E-state index in [0.717, 1.165) is 6.42 Å². The Balaban J connectivity index is 2.42. The molecule has 1 nitrogen and oxygen atoms in total. The van der Waals surface area contributed by atoms with Gasteiger partial charge >= 0.3 is 0 Å². The van der Waals surface area contributed by atoms with Crippen LogP contribution in [0.25, 0.3) is 0 Å². The molecule has 0 spiro atoms. The monoisotopic (exact) mass is 130 g/mol. The van der Waals surface area contributed by atoms with Crippen LogP contribution in [-0.4, -0.2) is 15.8 Å². The summed E-state index contributed by atoms with van der Waals surface area (Å²) in [4.78, 5) is 0. The van der Waals surface area contributed by atoms with Gasteiger partial charge in [0, 0.05) is 5.25 Å². The molecule has 0 saturated carbocycles. The number of rotatable bonds is 0. The van der Waals surface area contributed by atoms with Crippen molar-refractivity contribution in [3.05, 3.63) is 12.2 Å². The molecule has 8 heavy (non-hydrogen) atoms. The van der Waals surface area contributed by atoms with E-state index in [1.165, 1.54) is 0 Å². The number of aliphatic hydroxyl groups is 1. The highest BCUT2D eigenvalue weighted by molar-refractivity contribution is 8.00. The lowest BCUT2D eigenvalue weighted by atomic mass is 10.3. The maximum atomic E-state index is 8.96. The van der Waals surface area contributed by atoms with Gasteiger partial charge in [-0.25, -0.2) is 0 Å². The van der Waals surface area contributed by atoms with E-state index in [4.69, 9.17) is 5.11 Å². The van der Waals surface area contributed by atoms with Crippen LogP contribution in [0, 0.1) is 0 Å². The largest absolute Gasteiger partial charge is 0.379 e. The summed E-state index contributed by atoms with van der Waals surface area (Å²) < 4.78 is 0. The van der Waals surface area contributed by atoms with Crippen LogP contribution in [0.5, 0.6) is 0 Å². The summed E-state index contributed by atoms with van der Waals surface area (Å²) in [5, 5.41) is 9.55. The van der Waals surface area contributed by atoms with Crippen molar-refractivity contribution in [2.45, 2.75) is 24.0 Å². The second-order valence-corrected chi connectivity index (χ2v) is 3.56. The Kier molecular flexibility index (Phi) is 1.97. The molecule has 2 atom stereocenters. The van der Waals surface area contributed by atoms with E-state index in [2.05, 4.69) is 6.92 Å². The molecule has 2 unspecified atom stereocenters. The lowest BCUT2D eigenvalue weighted by Crippen LogP contribution is -2.08. The summed E-state index contributed by atoms with van der Waals surface area (Å²) in [5.74, 6) is 0. The molecule has 0 saturated heterocycles. The number of allylic oxidation sites excluding steroid dienone is 1. The lowest BCUT2D eigenvalue weighted by Gasteiger charge is -2.15. The quantitative estimate of drug-likeness (QED) is 0.500. The van der Waals surface area contributed by atoms with Crippen LogP contribution >= 0.6 is 11.8 Å². The van der Waals surface area contributed by atoms with Crippen LogP contribution in [0.1, 0.15) is 13.3 Å². The average Bonchev–Trinajstić information content (AvgIpc) is 1.64. The van der Waals surface area contributed by atoms with Crippen LogP contribution < -0.4 is 0 Å². The zero-order valence-electron chi connectivity index (χ0n) is 4.87. The Morgan fingerprint density at radius 2 is 2.50 bits per heavy atom. The highest BCUT2D eigenvalue weighted by Gasteiger charge is 2.10. The van der Waals surface area contributed by atoms with Crippen LogP contribution in [0.2, 0.25) is 0 Å². The SMILES string of the molecule is CC1CC=CC(O)S1. The fourth-order valence-electron chi connectivity index (χ4n) is 0.726. The van der Waals surface area contributed by atoms with E-state index in [1.54, 1.807) is 11.8 Å². The molecule has 1 aliphatic heterocycles. The minimum absolute atomic E-state index is 0.251. The summed E-state index contributed by atoms with van der Waals surface area (Å²) in [7, 11) is 0. The van der Waals surface area contributed by atoms with Crippen LogP contribution in [0.4, 0.5) is 0 Å². The van der Waals surface area contributed by atoms with Crippen molar-refractivity contribution in [1.29, 1.82) is 0 Å². The third-order valence-corrected chi connectivity index (χ3v) is 2.23. The number of hydrogen-bond acceptors (Lipinski definition) is 2. The van der Waals surface area contributed by atoms with Gasteiger partial charge in [-0.3, -0.25) is 0 Å². The minimum atomic E-state index is -0.251. The smallest absolute Gasteiger partial charge is 0.118 e. The Morgan fingerprint density at radius 3 is 2.88 bits per heavy atom. The highest BCUT2D eigenvalue weighted by atomic mass is 32.2. The van der Waals surface area contributed by atoms with Crippen molar-refractivity contribution in [1.82, 2.24) is 0 Å². The molecule has 2 heteroatoms. The third kappa shape index (κ3) is 1.53. The average molecular weight is 130 g/mol. The second-order valence-electron chi connectivity index (χ2n) is 2.00. The topological polar surface area (TPSA) is 20.2 Å². The molecule has 0 amide bonds. The van der Waals surface area contributed by atoms with Crippen molar-refractivity contribution >= 4 is 11.8 Å². The van der Waals surface area contributed by atoms with Crippen LogP contribution in [0.15, 0.2) is 12.2 Å². The predicted molar refractivity (Wildman–Crippen MR) is 36.8 cm³/mol. The van der Waals surface area contributed by atoms with E-state index in [1.807, 2.05) is 12.2 Å². The van der Waals surface area contributed by atoms with E-state index >= 15 is 0 Å². The van der Waals surface area contributed by atoms with Crippen molar-refractivity contribution in [2.75, 3.05) is 0 Å². The van der Waals surface area contributed by atoms with Gasteiger partial charge in [-0.2, -0.15) is 0 Å². The summed E-state index contributed by atoms with van der Waals surface area (Å²) in [6, 6.07) is 0. The molecule has 46 valence electrons. The van der Waals surface area contributed by atoms with Gasteiger partial charge < -0.3 is 5.11 Å². The molecule has 1 heterocycles. The number of hydrogen-bond donors (Lipinski definition) is 1. The van der Waals surface area contributed by atoms with Crippen LogP contribution in [0.3, 0.4) is 0 Å². The van der Waals surface area contributed by atoms with Gasteiger partial charge in [-0.1, -0.05) is 13.0 Å². The van der Waals surface area contributed by atoms with E-state index in [9.17, 15) is 0 Å². The number of thioether (sulfide) groups is 1. The Hall–Kier alpha value is 0.0500. The second kappa shape index (κ2) is 2.55. The Morgan fingerprint density at radius 1 is 1.75 bits per heavy atom. The first-order valence-corrected chi connectivity index (χ1v) is 3.73. The van der Waals surface area contributed by atoms with Crippen molar-refractivity contribution in [3.8, 4) is 0 Å². The molecule has 0 fully saturated rings. The van der Waals surface area contributed by atoms with Crippen molar-refractivity contribution < 1.29 is 5.11 Å². The molecule has 1 aliphatic rings. The zero-order valence-corrected chi connectivity index (χ0v) is 5.69. The molecule has 0 aromatic rings. The van der Waals surface area contributed by atoms with E-state index in [-0.39, 0.29) is 5.44 Å². The third-order valence-electron chi connectivity index (χ3n) is 1.14. The standard InChI is InChI=1S/C6H10OS/c1-5-3-2-4-6(7)8-5/h2,4-7H,3H2,1H3. The van der Waals surface area contributed by atoms with E-state index in [0.29, 0.717) is 5.25 Å². The molecule has 0 radical (unpaired) electrons. The van der Waals surface area contributed by atoms with Gasteiger partial charge in [0.05, 0.1) is 0 Å². The van der Waals surface area contributed by atoms with Gasteiger partial charge in [-0.05, 0) is 12.5 Å². The summed E-state index contributed by atoms with van der Waals surface area (Å²) in [6.45, 7) is 2.12. The lowest BCUT2D eigenvalue weighted by molar-refractivity contribution is 0.307. The summed E-state index contributed by atoms with van der Waals surface area (Å²) >= 11 is 1.61. The van der Waals surface area contributed by atoms with Gasteiger partial charge in [0.15, 0.2) is 0 Å². The van der Waals surface area contributed by atoms with Gasteiger partial charge in [-0.15, -0.1) is 11.8 Å². The molecule has 0 aromatic heterocycles. The molecule has 0 aromatic carbocycles. The van der Waals surface area contributed by atoms with Crippen molar-refractivity contribution in [2.24, 2.45) is 0 Å². The molecule has 1 rings (SSSR count). The highest BCUT2D eigenvalue weighted by Crippen LogP contribution is 2.23. The summed E-state index contributed by atoms with van der Waals surface area (Å²) in [5.41, 5.74) is -0.251. The fourth-order valence-corrected chi connectivity index (χ4v) is 1.63. The first kappa shape index (κ1) is 6.17. The zero-order chi connectivity index (χ0) is 5.98. The molecular weight excluding hydrogens is 120 g/mol. The van der Waals surface area contributed by atoms with Gasteiger partial charge in [0.25, 0.3) is 0 Å². The van der Waals surface area contributed by atoms with E-state index < -0.39 is 0 Å². The number of aliphatic hydroxyl groups excluding tert-OH is 1. The predicted octanol–water partition coefficient (Wildman–Crippen LogP) is 1.39. The van der Waals surface area contributed by atoms with Crippen molar-refractivity contribution in [3.63, 3.8) is 0 Å². The van der Waals surface area contributed by atoms with Gasteiger partial charge in [0.1, 0.15) is 5.44 Å². The maximum absolute atomic E-state index is 8.96. The molecule has 0 aliphatic carbocycles. The van der Waals surface area contributed by atoms with Gasteiger partial charge in [0.2, 0.25) is 0 Å². The molecular formula is C6H10OS.